The Hall–Kier alpha value is -4.38. The normalized spacial score (nSPS) is 11.1. The molecule has 0 aliphatic carbocycles. The molecule has 0 bridgehead atoms. The fourth-order valence-electron chi connectivity index (χ4n) is 3.85. The summed E-state index contributed by atoms with van der Waals surface area (Å²) < 4.78 is 16.8. The van der Waals surface area contributed by atoms with Gasteiger partial charge in [0, 0.05) is 20.0 Å². The maximum atomic E-state index is 13.1. The summed E-state index contributed by atoms with van der Waals surface area (Å²) >= 11 is 2.26. The number of benzene rings is 3. The first kappa shape index (κ1) is 24.3. The molecule has 1 amide bonds. The summed E-state index contributed by atoms with van der Waals surface area (Å²) in [7, 11) is 1.46. The summed E-state index contributed by atoms with van der Waals surface area (Å²) in [6.45, 7) is 0. The van der Waals surface area contributed by atoms with Gasteiger partial charge >= 0.3 is 5.97 Å². The van der Waals surface area contributed by atoms with E-state index in [2.05, 4.69) is 38.1 Å². The number of rotatable bonds is 7. The van der Waals surface area contributed by atoms with Crippen molar-refractivity contribution in [1.82, 2.24) is 10.4 Å². The molecular weight excluding hydrogens is 585 g/mol. The Bertz CT molecular complexity index is 1610. The van der Waals surface area contributed by atoms with Gasteiger partial charge in [0.1, 0.15) is 5.69 Å². The first-order chi connectivity index (χ1) is 18.0. The molecule has 2 aromatic heterocycles. The average Bonchev–Trinajstić information content (AvgIpc) is 3.58. The molecule has 0 unspecified atom stereocenters. The van der Waals surface area contributed by atoms with E-state index in [9.17, 15) is 9.59 Å². The molecular formula is C28H20IN3O5. The lowest BCUT2D eigenvalue weighted by Crippen LogP contribution is -2.18. The van der Waals surface area contributed by atoms with Crippen LogP contribution in [0.5, 0.6) is 11.5 Å². The molecule has 184 valence electrons. The molecule has 5 rings (SSSR count). The van der Waals surface area contributed by atoms with E-state index < -0.39 is 5.97 Å². The van der Waals surface area contributed by atoms with Crippen LogP contribution in [0.2, 0.25) is 0 Å². The maximum Gasteiger partial charge on any atom is 0.379 e. The van der Waals surface area contributed by atoms with Gasteiger partial charge in [-0.1, -0.05) is 30.3 Å². The van der Waals surface area contributed by atoms with E-state index in [0.29, 0.717) is 17.0 Å². The second-order valence-corrected chi connectivity index (χ2v) is 9.15. The van der Waals surface area contributed by atoms with Crippen molar-refractivity contribution in [2.45, 2.75) is 0 Å². The standard InChI is InChI=1S/C28H20IN3O5/c1-35-24-14-17(9-12-22(24)37-28(34)23-8-5-13-36-23)16-30-32-27(33)26-25(18-6-3-2-4-7-18)20-15-19(29)10-11-21(20)31-26/h2-16,31H,1H3,(H,32,33). The maximum absolute atomic E-state index is 13.1. The van der Waals surface area contributed by atoms with Crippen molar-refractivity contribution in [2.75, 3.05) is 7.11 Å². The minimum absolute atomic E-state index is 0.0805. The van der Waals surface area contributed by atoms with E-state index in [1.54, 1.807) is 24.3 Å². The van der Waals surface area contributed by atoms with Gasteiger partial charge < -0.3 is 18.9 Å². The molecule has 3 aromatic carbocycles. The summed E-state index contributed by atoms with van der Waals surface area (Å²) in [5, 5.41) is 5.08. The molecule has 0 fully saturated rings. The Kier molecular flexibility index (Phi) is 7.04. The van der Waals surface area contributed by atoms with Crippen LogP contribution >= 0.6 is 22.6 Å². The van der Waals surface area contributed by atoms with Crippen LogP contribution in [0.25, 0.3) is 22.0 Å². The number of hydrogen-bond acceptors (Lipinski definition) is 6. The first-order valence-corrected chi connectivity index (χ1v) is 12.2. The Morgan fingerprint density at radius 1 is 1.00 bits per heavy atom. The van der Waals surface area contributed by atoms with Gasteiger partial charge in [-0.2, -0.15) is 5.10 Å². The molecule has 0 atom stereocenters. The second kappa shape index (κ2) is 10.7. The summed E-state index contributed by atoms with van der Waals surface area (Å²) in [4.78, 5) is 28.5. The van der Waals surface area contributed by atoms with E-state index >= 15 is 0 Å². The Balaban J connectivity index is 1.36. The number of aromatic amines is 1. The number of ether oxygens (including phenoxy) is 2. The molecule has 2 N–H and O–H groups in total. The zero-order valence-electron chi connectivity index (χ0n) is 19.5. The number of aromatic nitrogens is 1. The van der Waals surface area contributed by atoms with Gasteiger partial charge in [0.2, 0.25) is 5.76 Å². The lowest BCUT2D eigenvalue weighted by molar-refractivity contribution is 0.0696. The molecule has 0 aliphatic heterocycles. The number of fused-ring (bicyclic) bond motifs is 1. The third-order valence-corrected chi connectivity index (χ3v) is 6.21. The van der Waals surface area contributed by atoms with E-state index in [4.69, 9.17) is 13.9 Å². The Morgan fingerprint density at radius 2 is 1.84 bits per heavy atom. The van der Waals surface area contributed by atoms with Crippen molar-refractivity contribution < 1.29 is 23.5 Å². The smallest absolute Gasteiger partial charge is 0.379 e. The van der Waals surface area contributed by atoms with Crippen LogP contribution in [0.3, 0.4) is 0 Å². The molecule has 0 saturated carbocycles. The molecule has 37 heavy (non-hydrogen) atoms. The van der Waals surface area contributed by atoms with E-state index in [0.717, 1.165) is 25.6 Å². The van der Waals surface area contributed by atoms with Crippen LogP contribution < -0.4 is 14.9 Å². The lowest BCUT2D eigenvalue weighted by Gasteiger charge is -2.09. The Morgan fingerprint density at radius 3 is 2.59 bits per heavy atom. The number of carbonyl (C=O) groups excluding carboxylic acids is 2. The number of esters is 1. The van der Waals surface area contributed by atoms with Crippen molar-refractivity contribution in [1.29, 1.82) is 0 Å². The number of carbonyl (C=O) groups is 2. The predicted octanol–water partition coefficient (Wildman–Crippen LogP) is 6.02. The molecule has 0 aliphatic rings. The van der Waals surface area contributed by atoms with Crippen LogP contribution in [0.1, 0.15) is 26.6 Å². The number of H-pyrrole nitrogens is 1. The third kappa shape index (κ3) is 5.26. The van der Waals surface area contributed by atoms with Crippen LogP contribution in [0, 0.1) is 3.57 Å². The highest BCUT2D eigenvalue weighted by Crippen LogP contribution is 2.33. The SMILES string of the molecule is COc1cc(C=NNC(=O)c2[nH]c3ccc(I)cc3c2-c2ccccc2)ccc1OC(=O)c1ccco1. The van der Waals surface area contributed by atoms with Crippen molar-refractivity contribution in [3.8, 4) is 22.6 Å². The van der Waals surface area contributed by atoms with Gasteiger partial charge in [-0.15, -0.1) is 0 Å². The van der Waals surface area contributed by atoms with E-state index in [1.165, 1.54) is 25.7 Å². The molecule has 9 heteroatoms. The van der Waals surface area contributed by atoms with Crippen molar-refractivity contribution in [3.05, 3.63) is 106 Å². The van der Waals surface area contributed by atoms with Gasteiger partial charge in [0.15, 0.2) is 11.5 Å². The number of hydrazone groups is 1. The van der Waals surface area contributed by atoms with Gasteiger partial charge in [0.05, 0.1) is 19.6 Å². The van der Waals surface area contributed by atoms with E-state index in [-0.39, 0.29) is 17.4 Å². The minimum atomic E-state index is -0.640. The van der Waals surface area contributed by atoms with Gasteiger partial charge in [-0.3, -0.25) is 4.79 Å². The monoisotopic (exact) mass is 605 g/mol. The zero-order chi connectivity index (χ0) is 25.8. The highest BCUT2D eigenvalue weighted by Gasteiger charge is 2.19. The molecule has 5 aromatic rings. The minimum Gasteiger partial charge on any atom is -0.493 e. The largest absolute Gasteiger partial charge is 0.493 e. The third-order valence-electron chi connectivity index (χ3n) is 5.54. The number of nitrogens with zero attached hydrogens (tertiary/aromatic N) is 1. The number of amides is 1. The number of halogens is 1. The number of nitrogens with one attached hydrogen (secondary N) is 2. The first-order valence-electron chi connectivity index (χ1n) is 11.2. The van der Waals surface area contributed by atoms with Gasteiger partial charge in [-0.05, 0) is 82.2 Å². The van der Waals surface area contributed by atoms with E-state index in [1.807, 2.05) is 48.5 Å². The predicted molar refractivity (Wildman–Crippen MR) is 148 cm³/mol. The summed E-state index contributed by atoms with van der Waals surface area (Å²) in [5.74, 6) is -0.384. The van der Waals surface area contributed by atoms with Crippen molar-refractivity contribution in [3.63, 3.8) is 0 Å². The molecule has 0 saturated heterocycles. The molecule has 0 spiro atoms. The quantitative estimate of drug-likeness (QED) is 0.0776. The highest BCUT2D eigenvalue weighted by molar-refractivity contribution is 14.1. The molecule has 8 nitrogen and oxygen atoms in total. The van der Waals surface area contributed by atoms with Crippen LogP contribution in [-0.4, -0.2) is 30.2 Å². The summed E-state index contributed by atoms with van der Waals surface area (Å²) in [6, 6.07) is 23.7. The van der Waals surface area contributed by atoms with Crippen molar-refractivity contribution >= 4 is 51.6 Å². The van der Waals surface area contributed by atoms with Gasteiger partial charge in [-0.25, -0.2) is 10.2 Å². The molecule has 2 heterocycles. The fraction of sp³-hybridized carbons (Fsp3) is 0.0357. The van der Waals surface area contributed by atoms with Crippen molar-refractivity contribution in [2.24, 2.45) is 5.10 Å². The fourth-order valence-corrected chi connectivity index (χ4v) is 4.35. The topological polar surface area (TPSA) is 106 Å². The van der Waals surface area contributed by atoms with Crippen LogP contribution in [0.15, 0.2) is 94.6 Å². The van der Waals surface area contributed by atoms with Crippen LogP contribution in [0.4, 0.5) is 0 Å². The number of methoxy groups -OCH3 is 1. The lowest BCUT2D eigenvalue weighted by atomic mass is 10.0. The Labute approximate surface area is 225 Å². The average molecular weight is 605 g/mol. The summed E-state index contributed by atoms with van der Waals surface area (Å²) in [6.07, 6.45) is 2.87. The summed E-state index contributed by atoms with van der Waals surface area (Å²) in [5.41, 5.74) is 6.23. The van der Waals surface area contributed by atoms with Gasteiger partial charge in [0.25, 0.3) is 5.91 Å². The highest BCUT2D eigenvalue weighted by atomic mass is 127. The number of furan rings is 1. The zero-order valence-corrected chi connectivity index (χ0v) is 21.7. The second-order valence-electron chi connectivity index (χ2n) is 7.91. The number of hydrogen-bond donors (Lipinski definition) is 2. The van der Waals surface area contributed by atoms with Crippen LogP contribution in [-0.2, 0) is 0 Å². The molecule has 0 radical (unpaired) electrons.